The van der Waals surface area contributed by atoms with Crippen LogP contribution in [0.4, 0.5) is 0 Å². The van der Waals surface area contributed by atoms with E-state index in [0.717, 1.165) is 0 Å². The molecule has 0 aliphatic heterocycles. The second-order valence-electron chi connectivity index (χ2n) is 0. The zero-order valence-corrected chi connectivity index (χ0v) is 10.9. The number of hydrogen-bond acceptors (Lipinski definition) is 0. The van der Waals surface area contributed by atoms with Gasteiger partial charge in [-0.25, -0.2) is 0 Å². The van der Waals surface area contributed by atoms with Crippen LogP contribution in [0.1, 0.15) is 0 Å². The van der Waals surface area contributed by atoms with Gasteiger partial charge in [0.2, 0.25) is 0 Å². The van der Waals surface area contributed by atoms with E-state index < -0.39 is 0 Å². The molecular formula is H5BiMgNbTi. The normalized spacial score (nSPS) is 0. The van der Waals surface area contributed by atoms with E-state index >= 15 is 0 Å². The molecule has 0 fully saturated rings. The summed E-state index contributed by atoms with van der Waals surface area (Å²) in [6, 6.07) is 0. The molecule has 0 aliphatic rings. The van der Waals surface area contributed by atoms with Gasteiger partial charge in [0.05, 0.1) is 0 Å². The van der Waals surface area contributed by atoms with Crippen LogP contribution in [0.25, 0.3) is 0 Å². The molecule has 0 saturated carbocycles. The van der Waals surface area contributed by atoms with Gasteiger partial charge in [0, 0.05) is 44.1 Å². The Kier molecular flexibility index (Phi) is 113. The molecule has 0 aromatic heterocycles. The molecule has 4 heavy (non-hydrogen) atoms. The van der Waals surface area contributed by atoms with Crippen LogP contribution >= 0.6 is 0 Å². The molecule has 0 heterocycles. The summed E-state index contributed by atoms with van der Waals surface area (Å²) >= 11 is 0. The third-order valence-electron chi connectivity index (χ3n) is 0. The van der Waals surface area contributed by atoms with E-state index in [2.05, 4.69) is 0 Å². The average Bonchev–Trinajstić information content (AvgIpc) is 0. The summed E-state index contributed by atoms with van der Waals surface area (Å²) in [7, 11) is 0. The summed E-state index contributed by atoms with van der Waals surface area (Å²) in [6.45, 7) is 0. The van der Waals surface area contributed by atoms with Crippen LogP contribution in [0.3, 0.4) is 0 Å². The van der Waals surface area contributed by atoms with E-state index in [9.17, 15) is 0 Å². The smallest absolute Gasteiger partial charge is 0 e. The van der Waals surface area contributed by atoms with Crippen molar-refractivity contribution in [1.82, 2.24) is 0 Å². The molecule has 0 unspecified atom stereocenters. The Morgan fingerprint density at radius 3 is 1.00 bits per heavy atom. The summed E-state index contributed by atoms with van der Waals surface area (Å²) in [5.41, 5.74) is 0. The van der Waals surface area contributed by atoms with E-state index in [1.807, 2.05) is 0 Å². The minimum Gasteiger partial charge on any atom is 0 e. The van der Waals surface area contributed by atoms with Gasteiger partial charge in [0.25, 0.3) is 0 Å². The predicted octanol–water partition coefficient (Wildman–Crippen LogP) is -2.11. The van der Waals surface area contributed by atoms with Crippen LogP contribution in [-0.4, -0.2) is 49.3 Å². The van der Waals surface area contributed by atoms with Crippen LogP contribution in [-0.2, 0) is 44.1 Å². The molecular weight excluding hydrogens is 374 g/mol. The minimum absolute atomic E-state index is 0. The van der Waals surface area contributed by atoms with Crippen molar-refractivity contribution in [1.29, 1.82) is 0 Å². The van der Waals surface area contributed by atoms with E-state index in [1.165, 1.54) is 0 Å². The van der Waals surface area contributed by atoms with Crippen molar-refractivity contribution < 1.29 is 44.1 Å². The molecule has 0 spiro atoms. The molecule has 0 nitrogen and oxygen atoms in total. The predicted molar refractivity (Wildman–Crippen MR) is 18.5 cm³/mol. The van der Waals surface area contributed by atoms with Gasteiger partial charge in [-0.05, 0) is 0 Å². The standard InChI is InChI=1S/Bi.Mg.Nb.Ti.5H. The fraction of sp³-hybridized carbons (Fsp3) is 0. The van der Waals surface area contributed by atoms with Crippen LogP contribution in [0, 0.1) is 0 Å². The number of hydrogen-bond donors (Lipinski definition) is 0. The summed E-state index contributed by atoms with van der Waals surface area (Å²) < 4.78 is 0. The summed E-state index contributed by atoms with van der Waals surface area (Å²) in [5.74, 6) is 0. The van der Waals surface area contributed by atoms with Crippen LogP contribution < -0.4 is 0 Å². The molecule has 0 saturated heterocycles. The zero-order chi connectivity index (χ0) is 0. The average molecular weight is 379 g/mol. The third kappa shape index (κ3) is 8.92. The van der Waals surface area contributed by atoms with Gasteiger partial charge in [-0.3, -0.25) is 0 Å². The summed E-state index contributed by atoms with van der Waals surface area (Å²) in [4.78, 5) is 0. The van der Waals surface area contributed by atoms with Crippen molar-refractivity contribution in [3.8, 4) is 0 Å². The van der Waals surface area contributed by atoms with Crippen molar-refractivity contribution in [3.05, 3.63) is 0 Å². The van der Waals surface area contributed by atoms with Gasteiger partial charge < -0.3 is 0 Å². The maximum Gasteiger partial charge on any atom is 0.316 e. The summed E-state index contributed by atoms with van der Waals surface area (Å²) in [6.07, 6.45) is 0. The Morgan fingerprint density at radius 1 is 1.00 bits per heavy atom. The van der Waals surface area contributed by atoms with Crippen molar-refractivity contribution in [3.63, 3.8) is 0 Å². The molecule has 4 heteroatoms. The van der Waals surface area contributed by atoms with Gasteiger partial charge in [-0.1, -0.05) is 0 Å². The molecule has 0 aromatic rings. The Hall–Kier alpha value is 3.10. The molecule has 0 aliphatic carbocycles. The maximum absolute atomic E-state index is 0. The first-order valence-electron chi connectivity index (χ1n) is 0. The molecule has 0 amide bonds. The molecule has 1 radical (unpaired) electrons. The van der Waals surface area contributed by atoms with E-state index in [4.69, 9.17) is 0 Å². The second kappa shape index (κ2) is 16.5. The van der Waals surface area contributed by atoms with Crippen molar-refractivity contribution >= 4 is 49.3 Å². The molecule has 0 rings (SSSR count). The Balaban J connectivity index is 0. The van der Waals surface area contributed by atoms with E-state index in [0.29, 0.717) is 0 Å². The maximum atomic E-state index is 0. The van der Waals surface area contributed by atoms with E-state index in [-0.39, 0.29) is 93.4 Å². The van der Waals surface area contributed by atoms with Gasteiger partial charge in [0.15, 0.2) is 0 Å². The minimum atomic E-state index is 0. The first-order valence-corrected chi connectivity index (χ1v) is 0. The van der Waals surface area contributed by atoms with Gasteiger partial charge in [-0.2, -0.15) is 0 Å². The van der Waals surface area contributed by atoms with Crippen molar-refractivity contribution in [2.75, 3.05) is 0 Å². The SMILES string of the molecule is [BiH3].[MgH2].[Nb].[Ti]. The fourth-order valence-electron chi connectivity index (χ4n) is 0. The molecule has 0 aromatic carbocycles. The number of rotatable bonds is 0. The third-order valence-corrected chi connectivity index (χ3v) is 0. The second-order valence-corrected chi connectivity index (χ2v) is 0. The summed E-state index contributed by atoms with van der Waals surface area (Å²) in [5, 5.41) is 0. The topological polar surface area (TPSA) is 0 Å². The molecule has 0 atom stereocenters. The van der Waals surface area contributed by atoms with Crippen LogP contribution in [0.5, 0.6) is 0 Å². The monoisotopic (exact) mass is 379 g/mol. The van der Waals surface area contributed by atoms with Crippen molar-refractivity contribution in [2.24, 2.45) is 0 Å². The first-order chi connectivity index (χ1) is 0. The fourth-order valence-corrected chi connectivity index (χ4v) is 0. The Morgan fingerprint density at radius 2 is 1.00 bits per heavy atom. The Labute approximate surface area is 91.5 Å². The van der Waals surface area contributed by atoms with Gasteiger partial charge >= 0.3 is 49.3 Å². The largest absolute Gasteiger partial charge is 0.316 e. The van der Waals surface area contributed by atoms with E-state index in [1.54, 1.807) is 0 Å². The van der Waals surface area contributed by atoms with Gasteiger partial charge in [0.1, 0.15) is 0 Å². The Bertz CT molecular complexity index is 8.00. The molecule has 0 N–H and O–H groups in total. The molecule has 21 valence electrons. The van der Waals surface area contributed by atoms with Crippen LogP contribution in [0.15, 0.2) is 0 Å². The van der Waals surface area contributed by atoms with Gasteiger partial charge in [-0.15, -0.1) is 0 Å². The first kappa shape index (κ1) is 27.5. The molecule has 0 bridgehead atoms. The zero-order valence-electron chi connectivity index (χ0n) is 1.65. The van der Waals surface area contributed by atoms with Crippen LogP contribution in [0.2, 0.25) is 0 Å². The van der Waals surface area contributed by atoms with Crippen molar-refractivity contribution in [2.45, 2.75) is 0 Å². The quantitative estimate of drug-likeness (QED) is 0.423.